The Hall–Kier alpha value is -14.8. The number of hydrogen-bond donors (Lipinski definition) is 10. The van der Waals surface area contributed by atoms with Gasteiger partial charge in [-0.3, -0.25) is 24.0 Å². The molecule has 0 saturated carbocycles. The Bertz CT molecular complexity index is 5670. The smallest absolute Gasteiger partial charge is 0.271 e. The van der Waals surface area contributed by atoms with E-state index in [4.69, 9.17) is 33.4 Å². The van der Waals surface area contributed by atoms with Gasteiger partial charge in [-0.25, -0.2) is 49.8 Å². The minimum Gasteiger partial charge on any atom is -0.497 e. The van der Waals surface area contributed by atoms with Gasteiger partial charge in [0.2, 0.25) is 0 Å². The van der Waals surface area contributed by atoms with Gasteiger partial charge in [0.05, 0.1) is 62.3 Å². The molecule has 2 aliphatic heterocycles. The lowest BCUT2D eigenvalue weighted by Crippen LogP contribution is -2.29. The van der Waals surface area contributed by atoms with E-state index in [-0.39, 0.29) is 28.5 Å². The Balaban J connectivity index is 0.000000130. The van der Waals surface area contributed by atoms with Crippen LogP contribution in [0.25, 0.3) is 55.2 Å². The predicted molar refractivity (Wildman–Crippen MR) is 437 cm³/mol. The van der Waals surface area contributed by atoms with Gasteiger partial charge in [-0.05, 0) is 190 Å². The third-order valence-electron chi connectivity index (χ3n) is 17.7. The van der Waals surface area contributed by atoms with E-state index in [1.807, 2.05) is 183 Å². The van der Waals surface area contributed by atoms with Crippen molar-refractivity contribution in [2.75, 3.05) is 95.7 Å². The number of primary amides is 5. The minimum absolute atomic E-state index is 0.106. The van der Waals surface area contributed by atoms with Gasteiger partial charge in [-0.15, -0.1) is 0 Å². The lowest BCUT2D eigenvalue weighted by atomic mass is 10.1. The van der Waals surface area contributed by atoms with Gasteiger partial charge in [0.15, 0.2) is 57.6 Å². The number of nitrogens with two attached hydrogens (primary N) is 5. The zero-order chi connectivity index (χ0) is 77.9. The van der Waals surface area contributed by atoms with Gasteiger partial charge in [-0.2, -0.15) is 0 Å². The Morgan fingerprint density at radius 3 is 0.784 bits per heavy atom. The molecule has 9 aromatic carbocycles. The second-order valence-electron chi connectivity index (χ2n) is 25.6. The van der Waals surface area contributed by atoms with Crippen molar-refractivity contribution in [3.8, 4) is 5.75 Å². The first-order valence-corrected chi connectivity index (χ1v) is 35.6. The molecule has 5 aromatic heterocycles. The SMILES string of the molecule is CN(C)c1ccc(Nc2nc3ccccc3nc2C(N)=O)cc1.CNc1nc2ccccc2nc1C(N)=O.COc1ccc(Nc2nc3ccccc3nc2C(N)=O)cc1.NC(=O)c1nc2ccccc2nc1Nc1ccc(N2CCCC2)cc1.NC(=O)c1nc2ccccc2nc1Nc1ccc(N2CCCCC2)cc1. The summed E-state index contributed by atoms with van der Waals surface area (Å²) in [6, 6.07) is 68.1. The van der Waals surface area contributed by atoms with Crippen molar-refractivity contribution in [2.45, 2.75) is 32.1 Å². The minimum atomic E-state index is -0.630. The van der Waals surface area contributed by atoms with Crippen molar-refractivity contribution in [1.82, 2.24) is 49.8 Å². The number of fused-ring (bicyclic) bond motifs is 5. The second kappa shape index (κ2) is 35.5. The fraction of sp³-hybridized carbons (Fsp3) is 0.159. The van der Waals surface area contributed by atoms with Gasteiger partial charge in [0.1, 0.15) is 5.75 Å². The molecule has 29 nitrogen and oxygen atoms in total. The van der Waals surface area contributed by atoms with Crippen LogP contribution in [0, 0.1) is 0 Å². The van der Waals surface area contributed by atoms with Crippen LogP contribution >= 0.6 is 0 Å². The van der Waals surface area contributed by atoms with Gasteiger partial charge < -0.3 is 74.7 Å². The van der Waals surface area contributed by atoms with Crippen LogP contribution in [0.5, 0.6) is 5.75 Å². The number of anilines is 12. The van der Waals surface area contributed by atoms with Crippen LogP contribution in [0.1, 0.15) is 84.5 Å². The number of hydrogen-bond acceptors (Lipinski definition) is 24. The van der Waals surface area contributed by atoms with Crippen LogP contribution in [-0.2, 0) is 0 Å². The van der Waals surface area contributed by atoms with E-state index in [1.54, 1.807) is 44.5 Å². The van der Waals surface area contributed by atoms with Crippen molar-refractivity contribution < 1.29 is 28.7 Å². The third kappa shape index (κ3) is 19.3. The predicted octanol–water partition coefficient (Wildman–Crippen LogP) is 12.3. The van der Waals surface area contributed by atoms with Crippen LogP contribution < -0.4 is 74.7 Å². The average molecular weight is 1480 g/mol. The molecule has 0 aliphatic carbocycles. The van der Waals surface area contributed by atoms with Crippen LogP contribution in [0.2, 0.25) is 0 Å². The molecular weight excluding hydrogens is 1400 g/mol. The molecule has 0 atom stereocenters. The van der Waals surface area contributed by atoms with Gasteiger partial charge in [-0.1, -0.05) is 60.7 Å². The monoisotopic (exact) mass is 1480 g/mol. The highest BCUT2D eigenvalue weighted by Crippen LogP contribution is 2.30. The summed E-state index contributed by atoms with van der Waals surface area (Å²) in [6.07, 6.45) is 6.29. The number of nitrogens with one attached hydrogen (secondary N) is 5. The third-order valence-corrected chi connectivity index (χ3v) is 17.7. The summed E-state index contributed by atoms with van der Waals surface area (Å²) in [6.45, 7) is 4.42. The van der Waals surface area contributed by atoms with Gasteiger partial charge in [0, 0.05) is 87.1 Å². The normalized spacial score (nSPS) is 12.1. The number of piperidine rings is 1. The maximum atomic E-state index is 11.8. The molecule has 7 heterocycles. The fourth-order valence-corrected chi connectivity index (χ4v) is 12.1. The van der Waals surface area contributed by atoms with Crippen LogP contribution in [0.15, 0.2) is 218 Å². The van der Waals surface area contributed by atoms with Crippen molar-refractivity contribution in [2.24, 2.45) is 28.7 Å². The van der Waals surface area contributed by atoms with E-state index >= 15 is 0 Å². The lowest BCUT2D eigenvalue weighted by molar-refractivity contribution is 0.0988. The lowest BCUT2D eigenvalue weighted by Gasteiger charge is -2.28. The summed E-state index contributed by atoms with van der Waals surface area (Å²) in [5, 5.41) is 15.3. The Kier molecular flexibility index (Phi) is 24.3. The molecule has 14 aromatic rings. The maximum absolute atomic E-state index is 11.8. The highest BCUT2D eigenvalue weighted by Gasteiger charge is 2.21. The zero-order valence-corrected chi connectivity index (χ0v) is 61.3. The molecule has 0 spiro atoms. The summed E-state index contributed by atoms with van der Waals surface area (Å²) in [4.78, 5) is 108. The number of rotatable bonds is 18. The van der Waals surface area contributed by atoms with Crippen molar-refractivity contribution >= 4 is 154 Å². The second-order valence-corrected chi connectivity index (χ2v) is 25.6. The van der Waals surface area contributed by atoms with E-state index in [1.165, 1.54) is 43.5 Å². The van der Waals surface area contributed by atoms with Crippen molar-refractivity contribution in [3.05, 3.63) is 247 Å². The molecule has 16 rings (SSSR count). The maximum Gasteiger partial charge on any atom is 0.271 e. The van der Waals surface area contributed by atoms with E-state index < -0.39 is 29.5 Å². The average Bonchev–Trinajstić information content (AvgIpc) is 1.67. The standard InChI is InChI=1S/C20H21N5O.C19H19N5O.C17H17N5O.C16H14N4O2.C10H10N4O/c21-19(26)18-20(24-17-7-3-2-6-16(17)23-18)22-14-8-10-15(11-9-14)25-12-4-1-5-13-25;20-18(25)17-19(23-16-6-2-1-5-15(16)22-17)21-13-7-9-14(10-8-13)24-11-3-4-12-24;1-22(2)12-9-7-11(8-10-12)19-17-15(16(18)23)20-13-5-3-4-6-14(13)21-17;1-22-11-8-6-10(7-9-11)18-16-14(15(17)21)19-12-4-2-3-5-13(12)20-16;1-12-10-8(9(11)15)13-6-4-2-3-5-7(6)14-10/h2-3,6-11H,1,4-5,12-13H2,(H2,21,26)(H,22,24);1-2,5-10H,3-4,11-12H2,(H2,20,25)(H,21,23);3-10H,1-2H3,(H2,18,23)(H,19,21);2-9H,1H3,(H2,17,21)(H,18,20);2-5H,1H3,(H2,11,15)(H,12,14). The zero-order valence-electron chi connectivity index (χ0n) is 61.3. The number of ether oxygens (including phenoxy) is 1. The molecule has 15 N–H and O–H groups in total. The Labute approximate surface area is 638 Å². The summed E-state index contributed by atoms with van der Waals surface area (Å²) in [5.74, 6) is -0.452. The highest BCUT2D eigenvalue weighted by atomic mass is 16.5. The van der Waals surface area contributed by atoms with Crippen LogP contribution in [0.4, 0.5) is 68.9 Å². The number of methoxy groups -OCH3 is 1. The van der Waals surface area contributed by atoms with E-state index in [2.05, 4.69) is 110 Å². The molecule has 0 bridgehead atoms. The first-order valence-electron chi connectivity index (χ1n) is 35.6. The molecule has 0 unspecified atom stereocenters. The summed E-state index contributed by atoms with van der Waals surface area (Å²) >= 11 is 0. The van der Waals surface area contributed by atoms with Gasteiger partial charge in [0.25, 0.3) is 29.5 Å². The largest absolute Gasteiger partial charge is 0.497 e. The van der Waals surface area contributed by atoms with Crippen molar-refractivity contribution in [3.63, 3.8) is 0 Å². The summed E-state index contributed by atoms with van der Waals surface area (Å²) < 4.78 is 5.11. The van der Waals surface area contributed by atoms with Gasteiger partial charge >= 0.3 is 0 Å². The van der Waals surface area contributed by atoms with E-state index in [0.29, 0.717) is 78.7 Å². The first kappa shape index (κ1) is 75.9. The Morgan fingerprint density at radius 1 is 0.315 bits per heavy atom. The summed E-state index contributed by atoms with van der Waals surface area (Å²) in [7, 11) is 7.22. The quantitative estimate of drug-likeness (QED) is 0.0381. The molecule has 2 fully saturated rings. The Morgan fingerprint density at radius 2 is 0.541 bits per heavy atom. The number of carbonyl (C=O) groups excluding carboxylic acids is 5. The molecule has 5 amide bonds. The molecule has 560 valence electrons. The number of amides is 5. The topological polar surface area (TPSA) is 423 Å². The molecule has 2 aliphatic rings. The van der Waals surface area contributed by atoms with E-state index in [0.717, 1.165) is 65.9 Å². The number of benzene rings is 9. The molecule has 111 heavy (non-hydrogen) atoms. The number of carbonyl (C=O) groups is 5. The van der Waals surface area contributed by atoms with Crippen molar-refractivity contribution in [1.29, 1.82) is 0 Å². The fourth-order valence-electron chi connectivity index (χ4n) is 12.1. The molecule has 29 heteroatoms. The van der Waals surface area contributed by atoms with Crippen LogP contribution in [0.3, 0.4) is 0 Å². The highest BCUT2D eigenvalue weighted by molar-refractivity contribution is 6.02. The number of nitrogens with zero attached hydrogens (tertiary/aromatic N) is 13. The van der Waals surface area contributed by atoms with E-state index in [9.17, 15) is 24.0 Å². The number of aromatic nitrogens is 10. The van der Waals surface area contributed by atoms with Crippen LogP contribution in [-0.4, -0.2) is 134 Å². The molecular formula is C82H81N23O6. The molecule has 2 saturated heterocycles. The number of para-hydroxylation sites is 10. The first-order chi connectivity index (χ1) is 53.8. The summed E-state index contributed by atoms with van der Waals surface area (Å²) in [5.41, 5.74) is 41.2. The molecule has 0 radical (unpaired) electrons.